The summed E-state index contributed by atoms with van der Waals surface area (Å²) in [6.45, 7) is 32.4. The standard InChI is InChI=1S/C32H30O2.C28H34O2.C24H22O2/c1-19-13-23(14-20(2)31(19)33)17-29-25-9-5-7-11-27(25)30(28-12-8-6-10-26(28)29)18-24-15-21(3)32(34)22(4)16-24;1-17-13-23(14-18(2)25(17)29)27(5,6)21-9-11-22(12-10-21)28(7,8)24-15-19(3)26(30)20(4)16-24;1-13-9-19-11-17(5-7-21(19)15(3)23(13)25)18-6-8-22-16(4)24(26)14(2)10-20(22)12-18/h5-16,33-34H,17-18H2,1-4H3;9-16,29-30H,1-8H3;5-12,25-26H,1-4H3. The molecule has 0 amide bonds. The number of aryl methyl sites for hydroxylation is 12. The number of phenols is 6. The van der Waals surface area contributed by atoms with E-state index in [2.05, 4.69) is 185 Å². The number of benzene rings is 12. The highest BCUT2D eigenvalue weighted by atomic mass is 16.3. The maximum Gasteiger partial charge on any atom is 0.122 e. The second-order valence-electron chi connectivity index (χ2n) is 26.5. The van der Waals surface area contributed by atoms with Crippen LogP contribution in [0.25, 0.3) is 54.2 Å². The van der Waals surface area contributed by atoms with Gasteiger partial charge in [-0.1, -0.05) is 173 Å². The summed E-state index contributed by atoms with van der Waals surface area (Å²) < 4.78 is 0. The van der Waals surface area contributed by atoms with Crippen molar-refractivity contribution in [3.63, 3.8) is 0 Å². The fraction of sp³-hybridized carbons (Fsp3) is 0.238. The molecule has 0 saturated heterocycles. The van der Waals surface area contributed by atoms with Crippen LogP contribution < -0.4 is 0 Å². The van der Waals surface area contributed by atoms with E-state index < -0.39 is 0 Å². The fourth-order valence-electron chi connectivity index (χ4n) is 13.5. The van der Waals surface area contributed by atoms with E-state index >= 15 is 0 Å². The van der Waals surface area contributed by atoms with Crippen molar-refractivity contribution < 1.29 is 30.6 Å². The summed E-state index contributed by atoms with van der Waals surface area (Å²) in [7, 11) is 0. The summed E-state index contributed by atoms with van der Waals surface area (Å²) in [5.74, 6) is 2.28. The molecule has 6 heteroatoms. The summed E-state index contributed by atoms with van der Waals surface area (Å²) in [5, 5.41) is 70.6. The maximum atomic E-state index is 10.3. The molecule has 0 spiro atoms. The van der Waals surface area contributed by atoms with Crippen molar-refractivity contribution in [1.82, 2.24) is 0 Å². The average molecular weight is 1190 g/mol. The molecule has 90 heavy (non-hydrogen) atoms. The molecule has 0 saturated carbocycles. The SMILES string of the molecule is Cc1cc(C(C)(C)c2ccc(C(C)(C)c3cc(C)c(O)c(C)c3)cc2)cc(C)c1O.Cc1cc(Cc2c3ccccc3c(Cc3cc(C)c(O)c(C)c3)c3ccccc23)cc(C)c1O.Cc1cc2cc(-c3ccc4c(C)c(O)c(C)cc4c3)ccc2c(C)c1O. The first-order chi connectivity index (χ1) is 42.5. The van der Waals surface area contributed by atoms with Crippen molar-refractivity contribution >= 4 is 43.1 Å². The topological polar surface area (TPSA) is 121 Å². The van der Waals surface area contributed by atoms with Gasteiger partial charge < -0.3 is 30.6 Å². The fourth-order valence-corrected chi connectivity index (χ4v) is 13.5. The van der Waals surface area contributed by atoms with E-state index in [1.165, 1.54) is 66.1 Å². The van der Waals surface area contributed by atoms with Crippen LogP contribution in [0.1, 0.15) is 139 Å². The van der Waals surface area contributed by atoms with Crippen molar-refractivity contribution in [3.05, 3.63) is 281 Å². The molecule has 0 aliphatic rings. The highest BCUT2D eigenvalue weighted by Crippen LogP contribution is 2.42. The molecule has 0 heterocycles. The Balaban J connectivity index is 0.000000150. The molecule has 458 valence electrons. The number of aromatic hydroxyl groups is 6. The van der Waals surface area contributed by atoms with E-state index in [1.807, 2.05) is 95.2 Å². The average Bonchev–Trinajstić information content (AvgIpc) is 0.981. The monoisotopic (exact) mass is 1190 g/mol. The molecule has 0 aliphatic heterocycles. The van der Waals surface area contributed by atoms with Crippen LogP contribution in [0.3, 0.4) is 0 Å². The molecular weight excluding hydrogens is 1100 g/mol. The Morgan fingerprint density at radius 1 is 0.256 bits per heavy atom. The van der Waals surface area contributed by atoms with Crippen LogP contribution in [-0.2, 0) is 23.7 Å². The van der Waals surface area contributed by atoms with E-state index in [-0.39, 0.29) is 10.8 Å². The Bertz CT molecular complexity index is 4340. The zero-order chi connectivity index (χ0) is 65.0. The van der Waals surface area contributed by atoms with Gasteiger partial charge in [0.15, 0.2) is 0 Å². The Morgan fingerprint density at radius 3 is 0.789 bits per heavy atom. The van der Waals surface area contributed by atoms with Crippen LogP contribution >= 0.6 is 0 Å². The lowest BCUT2D eigenvalue weighted by Crippen LogP contribution is -2.22. The normalized spacial score (nSPS) is 11.7. The van der Waals surface area contributed by atoms with Gasteiger partial charge in [0, 0.05) is 10.8 Å². The van der Waals surface area contributed by atoms with Crippen LogP contribution in [-0.4, -0.2) is 30.6 Å². The summed E-state index contributed by atoms with van der Waals surface area (Å²) in [4.78, 5) is 0. The van der Waals surface area contributed by atoms with Crippen LogP contribution in [0.2, 0.25) is 0 Å². The zero-order valence-electron chi connectivity index (χ0n) is 55.3. The van der Waals surface area contributed by atoms with Gasteiger partial charge in [0.25, 0.3) is 0 Å². The number of hydrogen-bond acceptors (Lipinski definition) is 6. The first kappa shape index (κ1) is 63.5. The van der Waals surface area contributed by atoms with E-state index in [1.54, 1.807) is 0 Å². The molecule has 0 radical (unpaired) electrons. The van der Waals surface area contributed by atoms with Crippen molar-refractivity contribution in [1.29, 1.82) is 0 Å². The molecule has 0 aromatic heterocycles. The van der Waals surface area contributed by atoms with Crippen LogP contribution in [0.5, 0.6) is 34.5 Å². The molecule has 12 aromatic carbocycles. The lowest BCUT2D eigenvalue weighted by atomic mass is 9.74. The Hall–Kier alpha value is -9.52. The van der Waals surface area contributed by atoms with E-state index in [0.29, 0.717) is 34.5 Å². The van der Waals surface area contributed by atoms with Gasteiger partial charge in [-0.25, -0.2) is 0 Å². The van der Waals surface area contributed by atoms with Crippen LogP contribution in [0, 0.1) is 83.1 Å². The third-order valence-electron chi connectivity index (χ3n) is 19.2. The number of phenolic OH excluding ortho intramolecular Hbond substituents is 6. The lowest BCUT2D eigenvalue weighted by molar-refractivity contribution is 0.465. The third-order valence-corrected chi connectivity index (χ3v) is 19.2. The highest BCUT2D eigenvalue weighted by molar-refractivity contribution is 6.06. The molecule has 6 N–H and O–H groups in total. The van der Waals surface area contributed by atoms with Crippen LogP contribution in [0.15, 0.2) is 170 Å². The molecule has 0 fully saturated rings. The molecule has 0 atom stereocenters. The summed E-state index contributed by atoms with van der Waals surface area (Å²) in [6.07, 6.45) is 1.61. The first-order valence-corrected chi connectivity index (χ1v) is 31.2. The van der Waals surface area contributed by atoms with Crippen molar-refractivity contribution in [2.24, 2.45) is 0 Å². The summed E-state index contributed by atoms with van der Waals surface area (Å²) in [6, 6.07) is 59.8. The van der Waals surface area contributed by atoms with Gasteiger partial charge in [0.2, 0.25) is 0 Å². The first-order valence-electron chi connectivity index (χ1n) is 31.2. The minimum atomic E-state index is -0.169. The molecule has 12 rings (SSSR count). The second kappa shape index (κ2) is 24.8. The van der Waals surface area contributed by atoms with E-state index in [4.69, 9.17) is 0 Å². The largest absolute Gasteiger partial charge is 0.507 e. The number of rotatable bonds is 9. The summed E-state index contributed by atoms with van der Waals surface area (Å²) in [5.41, 5.74) is 22.8. The van der Waals surface area contributed by atoms with Gasteiger partial charge in [-0.3, -0.25) is 0 Å². The molecule has 12 aromatic rings. The summed E-state index contributed by atoms with van der Waals surface area (Å²) >= 11 is 0. The predicted octanol–water partition coefficient (Wildman–Crippen LogP) is 21.1. The highest BCUT2D eigenvalue weighted by Gasteiger charge is 2.28. The molecule has 6 nitrogen and oxygen atoms in total. The van der Waals surface area contributed by atoms with E-state index in [9.17, 15) is 30.6 Å². The van der Waals surface area contributed by atoms with Crippen molar-refractivity contribution in [2.45, 2.75) is 134 Å². The quantitative estimate of drug-likeness (QED) is 0.0801. The predicted molar refractivity (Wildman–Crippen MR) is 377 cm³/mol. The second-order valence-corrected chi connectivity index (χ2v) is 26.5. The number of hydrogen-bond donors (Lipinski definition) is 6. The third kappa shape index (κ3) is 12.2. The van der Waals surface area contributed by atoms with Gasteiger partial charge in [-0.2, -0.15) is 0 Å². The van der Waals surface area contributed by atoms with E-state index in [0.717, 1.165) is 112 Å². The van der Waals surface area contributed by atoms with Crippen LogP contribution in [0.4, 0.5) is 0 Å². The van der Waals surface area contributed by atoms with Crippen molar-refractivity contribution in [2.75, 3.05) is 0 Å². The molecular formula is C84H86O6. The van der Waals surface area contributed by atoms with Gasteiger partial charge in [-0.15, -0.1) is 0 Å². The maximum absolute atomic E-state index is 10.3. The Morgan fingerprint density at radius 2 is 0.511 bits per heavy atom. The van der Waals surface area contributed by atoms with Gasteiger partial charge in [0.05, 0.1) is 0 Å². The van der Waals surface area contributed by atoms with Crippen molar-refractivity contribution in [3.8, 4) is 45.6 Å². The molecule has 0 unspecified atom stereocenters. The lowest BCUT2D eigenvalue weighted by Gasteiger charge is -2.30. The Kier molecular flexibility index (Phi) is 17.5. The number of fused-ring (bicyclic) bond motifs is 4. The minimum absolute atomic E-state index is 0.169. The zero-order valence-corrected chi connectivity index (χ0v) is 55.3. The molecule has 0 bridgehead atoms. The van der Waals surface area contributed by atoms with Gasteiger partial charge in [-0.05, 0) is 286 Å². The molecule has 0 aliphatic carbocycles. The minimum Gasteiger partial charge on any atom is -0.507 e. The smallest absolute Gasteiger partial charge is 0.122 e. The van der Waals surface area contributed by atoms with Gasteiger partial charge >= 0.3 is 0 Å². The Labute approximate surface area is 532 Å². The van der Waals surface area contributed by atoms with Gasteiger partial charge in [0.1, 0.15) is 34.5 Å².